The van der Waals surface area contributed by atoms with Crippen molar-refractivity contribution in [1.29, 1.82) is 5.26 Å². The number of benzene rings is 1. The molecule has 2 fully saturated rings. The molecule has 1 N–H and O–H groups in total. The van der Waals surface area contributed by atoms with Crippen molar-refractivity contribution in [2.75, 3.05) is 46.2 Å². The number of pyridine rings is 1. The number of amides is 1. The number of anilines is 1. The van der Waals surface area contributed by atoms with Crippen LogP contribution >= 0.6 is 23.2 Å². The number of ether oxygens (including phenoxy) is 2. The third-order valence-corrected chi connectivity index (χ3v) is 8.93. The Morgan fingerprint density at radius 3 is 2.48 bits per heavy atom. The highest BCUT2D eigenvalue weighted by Crippen LogP contribution is 2.45. The Bertz CT molecular complexity index is 1700. The summed E-state index contributed by atoms with van der Waals surface area (Å²) in [6, 6.07) is 5.47. The summed E-state index contributed by atoms with van der Waals surface area (Å²) in [5, 5.41) is 13.5. The van der Waals surface area contributed by atoms with E-state index in [2.05, 4.69) is 20.2 Å². The van der Waals surface area contributed by atoms with Crippen molar-refractivity contribution < 1.29 is 14.3 Å². The van der Waals surface area contributed by atoms with Gasteiger partial charge in [-0.25, -0.2) is 4.98 Å². The predicted octanol–water partition coefficient (Wildman–Crippen LogP) is 4.61. The number of nitrogens with one attached hydrogen (secondary N) is 1. The van der Waals surface area contributed by atoms with Crippen molar-refractivity contribution in [1.82, 2.24) is 24.3 Å². The molecule has 232 valence electrons. The van der Waals surface area contributed by atoms with Crippen LogP contribution < -0.4 is 20.3 Å². The Kier molecular flexibility index (Phi) is 9.34. The third kappa shape index (κ3) is 5.82. The van der Waals surface area contributed by atoms with Crippen molar-refractivity contribution in [3.8, 4) is 28.7 Å². The van der Waals surface area contributed by atoms with Crippen molar-refractivity contribution in [2.24, 2.45) is 5.92 Å². The van der Waals surface area contributed by atoms with Gasteiger partial charge >= 0.3 is 0 Å². The Morgan fingerprint density at radius 2 is 1.89 bits per heavy atom. The fourth-order valence-corrected chi connectivity index (χ4v) is 6.69. The van der Waals surface area contributed by atoms with Crippen LogP contribution in [0.25, 0.3) is 22.2 Å². The maximum absolute atomic E-state index is 14.3. The fraction of sp³-hybridized carbons (Fsp3) is 0.452. The number of nitrogens with zero attached hydrogens (tertiary/aromatic N) is 6. The monoisotopic (exact) mass is 639 g/mol. The molecule has 11 nitrogen and oxygen atoms in total. The molecule has 0 aliphatic carbocycles. The van der Waals surface area contributed by atoms with Gasteiger partial charge in [-0.2, -0.15) is 10.2 Å². The maximum atomic E-state index is 14.3. The maximum Gasteiger partial charge on any atom is 0.264 e. The quantitative estimate of drug-likeness (QED) is 0.264. The zero-order valence-corrected chi connectivity index (χ0v) is 26.9. The molecule has 1 aromatic carbocycles. The molecular weight excluding hydrogens is 605 g/mol. The molecule has 5 rings (SSSR count). The summed E-state index contributed by atoms with van der Waals surface area (Å²) < 4.78 is 12.6. The van der Waals surface area contributed by atoms with Crippen molar-refractivity contribution in [3.05, 3.63) is 50.4 Å². The smallest absolute Gasteiger partial charge is 0.264 e. The van der Waals surface area contributed by atoms with E-state index in [-0.39, 0.29) is 50.6 Å². The number of methoxy groups -OCH3 is 2. The number of nitriles is 1. The number of carbonyl (C=O) groups excluding carboxylic acids is 1. The minimum absolute atomic E-state index is 0.0221. The summed E-state index contributed by atoms with van der Waals surface area (Å²) in [6.07, 6.45) is 5.19. The first-order valence-corrected chi connectivity index (χ1v) is 15.2. The lowest BCUT2D eigenvalue weighted by atomic mass is 10.0. The van der Waals surface area contributed by atoms with E-state index in [0.717, 1.165) is 19.4 Å². The molecule has 0 saturated carbocycles. The second-order valence-corrected chi connectivity index (χ2v) is 12.1. The third-order valence-electron chi connectivity index (χ3n) is 8.18. The number of hydrogen-bond acceptors (Lipinski definition) is 9. The summed E-state index contributed by atoms with van der Waals surface area (Å²) in [7, 11) is 4.68. The normalized spacial score (nSPS) is 17.6. The van der Waals surface area contributed by atoms with Gasteiger partial charge in [0.25, 0.3) is 11.5 Å². The van der Waals surface area contributed by atoms with Gasteiger partial charge in [0.15, 0.2) is 0 Å². The number of likely N-dealkylation sites (tertiary alicyclic amines) is 2. The largest absolute Gasteiger partial charge is 0.495 e. The molecule has 1 atom stereocenters. The Labute approximate surface area is 266 Å². The first kappa shape index (κ1) is 31.6. The van der Waals surface area contributed by atoms with Gasteiger partial charge in [-0.15, -0.1) is 0 Å². The van der Waals surface area contributed by atoms with Crippen molar-refractivity contribution in [3.63, 3.8) is 0 Å². The summed E-state index contributed by atoms with van der Waals surface area (Å²) in [5.41, 5.74) is 0.929. The Hall–Kier alpha value is -3.85. The number of allylic oxidation sites excluding steroid dienone is 1. The van der Waals surface area contributed by atoms with E-state index in [0.29, 0.717) is 53.7 Å². The lowest BCUT2D eigenvalue weighted by Gasteiger charge is -2.46. The van der Waals surface area contributed by atoms with E-state index in [1.54, 1.807) is 40.9 Å². The van der Waals surface area contributed by atoms with Crippen LogP contribution in [-0.2, 0) is 11.3 Å². The zero-order chi connectivity index (χ0) is 31.7. The summed E-state index contributed by atoms with van der Waals surface area (Å²) in [6.45, 7) is 6.15. The van der Waals surface area contributed by atoms with Gasteiger partial charge in [-0.05, 0) is 31.4 Å². The van der Waals surface area contributed by atoms with Crippen LogP contribution in [0.5, 0.6) is 11.5 Å². The van der Waals surface area contributed by atoms with Crippen LogP contribution in [-0.4, -0.2) is 83.2 Å². The first-order valence-electron chi connectivity index (χ1n) is 14.5. The molecule has 0 spiro atoms. The van der Waals surface area contributed by atoms with Crippen LogP contribution in [0.3, 0.4) is 0 Å². The van der Waals surface area contributed by atoms with Crippen LogP contribution in [0, 0.1) is 17.2 Å². The first-order chi connectivity index (χ1) is 21.1. The zero-order valence-electron chi connectivity index (χ0n) is 25.4. The van der Waals surface area contributed by atoms with Crippen LogP contribution in [0.4, 0.5) is 5.95 Å². The highest BCUT2D eigenvalue weighted by Gasteiger charge is 2.41. The van der Waals surface area contributed by atoms with Crippen LogP contribution in [0.15, 0.2) is 34.8 Å². The summed E-state index contributed by atoms with van der Waals surface area (Å²) >= 11 is 13.5. The number of carbonyl (C=O) groups is 1. The molecule has 0 radical (unpaired) electrons. The van der Waals surface area contributed by atoms with E-state index in [1.807, 2.05) is 19.9 Å². The number of fused-ring (bicyclic) bond motifs is 1. The topological polar surface area (TPSA) is 126 Å². The summed E-state index contributed by atoms with van der Waals surface area (Å²) in [4.78, 5) is 40.4. The molecule has 4 heterocycles. The fourth-order valence-electron chi connectivity index (χ4n) is 5.99. The lowest BCUT2D eigenvalue weighted by Crippen LogP contribution is -2.62. The van der Waals surface area contributed by atoms with Crippen LogP contribution in [0.1, 0.15) is 26.7 Å². The minimum atomic E-state index is -0.313. The lowest BCUT2D eigenvalue weighted by molar-refractivity contribution is -0.134. The molecule has 2 saturated heterocycles. The van der Waals surface area contributed by atoms with Crippen molar-refractivity contribution >= 4 is 46.1 Å². The molecular formula is C31H35Cl2N7O4. The average molecular weight is 641 g/mol. The molecule has 0 bridgehead atoms. The van der Waals surface area contributed by atoms with Gasteiger partial charge in [0.2, 0.25) is 5.95 Å². The van der Waals surface area contributed by atoms with Gasteiger partial charge in [0.05, 0.1) is 29.8 Å². The standard InChI is InChI=1S/C31H35Cl2N7O4/c1-17(2)9-18(12-34)29(41)38-14-21(15-38)39-8-6-7-20(39)16-40-28-19(13-36-31(35-3)37-28)10-22(30(40)42)25-26(32)23(43-4)11-24(44-5)27(25)33/h9-11,13,17,20-21H,6-8,14-16H2,1-5H3,(H,35,36,37). The number of hydrogen-bond donors (Lipinski definition) is 1. The molecule has 1 unspecified atom stereocenters. The molecule has 2 aliphatic rings. The molecule has 13 heteroatoms. The second-order valence-electron chi connectivity index (χ2n) is 11.3. The van der Waals surface area contributed by atoms with E-state index < -0.39 is 0 Å². The molecule has 2 aliphatic heterocycles. The second kappa shape index (κ2) is 13.0. The van der Waals surface area contributed by atoms with E-state index in [1.165, 1.54) is 14.2 Å². The molecule has 2 aromatic heterocycles. The van der Waals surface area contributed by atoms with E-state index in [9.17, 15) is 14.9 Å². The Morgan fingerprint density at radius 1 is 1.20 bits per heavy atom. The average Bonchev–Trinajstić information content (AvgIpc) is 3.44. The highest BCUT2D eigenvalue weighted by molar-refractivity contribution is 6.41. The van der Waals surface area contributed by atoms with Gasteiger partial charge < -0.3 is 19.7 Å². The van der Waals surface area contributed by atoms with Gasteiger partial charge in [0, 0.05) is 62.0 Å². The molecule has 3 aromatic rings. The molecule has 44 heavy (non-hydrogen) atoms. The van der Waals surface area contributed by atoms with Gasteiger partial charge in [-0.3, -0.25) is 19.1 Å². The van der Waals surface area contributed by atoms with Gasteiger partial charge in [-0.1, -0.05) is 43.1 Å². The summed E-state index contributed by atoms with van der Waals surface area (Å²) in [5.74, 6) is 0.903. The SMILES string of the molecule is CNc1ncc2cc(-c3c(Cl)c(OC)cc(OC)c3Cl)c(=O)n(CC3CCCN3C3CN(C(=O)C(C#N)=CC(C)C)C3)c2n1. The minimum Gasteiger partial charge on any atom is -0.495 e. The number of aromatic nitrogens is 3. The van der Waals surface area contributed by atoms with Crippen molar-refractivity contribution in [2.45, 2.75) is 45.3 Å². The van der Waals surface area contributed by atoms with E-state index in [4.69, 9.17) is 32.7 Å². The molecule has 1 amide bonds. The van der Waals surface area contributed by atoms with E-state index >= 15 is 0 Å². The van der Waals surface area contributed by atoms with Gasteiger partial charge in [0.1, 0.15) is 28.8 Å². The predicted molar refractivity (Wildman–Crippen MR) is 171 cm³/mol. The highest BCUT2D eigenvalue weighted by atomic mass is 35.5. The number of halogens is 2. The number of rotatable bonds is 9. The Balaban J connectivity index is 1.52. The van der Waals surface area contributed by atoms with Crippen LogP contribution in [0.2, 0.25) is 10.0 Å².